The summed E-state index contributed by atoms with van der Waals surface area (Å²) in [6.45, 7) is -0.249. The second-order valence-electron chi connectivity index (χ2n) is 3.23. The van der Waals surface area contributed by atoms with E-state index in [0.29, 0.717) is 5.56 Å². The Morgan fingerprint density at radius 1 is 1.47 bits per heavy atom. The zero-order chi connectivity index (χ0) is 11.4. The molecule has 0 aliphatic carbocycles. The number of ether oxygens (including phenoxy) is 1. The van der Waals surface area contributed by atoms with E-state index >= 15 is 0 Å². The summed E-state index contributed by atoms with van der Waals surface area (Å²) in [5.74, 6) is -1.48. The third-order valence-corrected chi connectivity index (χ3v) is 2.01. The summed E-state index contributed by atoms with van der Waals surface area (Å²) in [6, 6.07) is 1.34. The van der Waals surface area contributed by atoms with Gasteiger partial charge in [0.05, 0.1) is 13.7 Å². The Hall–Kier alpha value is -1.20. The highest BCUT2D eigenvalue weighted by Gasteiger charge is 2.14. The molecule has 0 bridgehead atoms. The van der Waals surface area contributed by atoms with Crippen molar-refractivity contribution in [3.05, 3.63) is 29.3 Å². The summed E-state index contributed by atoms with van der Waals surface area (Å²) in [5, 5.41) is 8.74. The molecule has 84 valence electrons. The minimum absolute atomic E-state index is 0.0275. The van der Waals surface area contributed by atoms with E-state index in [0.717, 1.165) is 12.1 Å². The Labute approximate surface area is 86.5 Å². The van der Waals surface area contributed by atoms with Crippen molar-refractivity contribution in [2.24, 2.45) is 5.73 Å². The van der Waals surface area contributed by atoms with Crippen molar-refractivity contribution < 1.29 is 18.6 Å². The lowest BCUT2D eigenvalue weighted by molar-refractivity contribution is 0.264. The Morgan fingerprint density at radius 3 is 2.67 bits per heavy atom. The molecule has 1 unspecified atom stereocenters. The molecule has 0 aliphatic heterocycles. The number of benzene rings is 1. The average molecular weight is 217 g/mol. The minimum Gasteiger partial charge on any atom is -0.493 e. The average Bonchev–Trinajstić information content (AvgIpc) is 2.17. The molecule has 3 N–H and O–H groups in total. The molecule has 1 rings (SSSR count). The lowest BCUT2D eigenvalue weighted by atomic mass is 10.1. The van der Waals surface area contributed by atoms with Crippen LogP contribution in [0.2, 0.25) is 0 Å². The van der Waals surface area contributed by atoms with E-state index in [1.807, 2.05) is 0 Å². The van der Waals surface area contributed by atoms with E-state index in [1.54, 1.807) is 0 Å². The fourth-order valence-electron chi connectivity index (χ4n) is 1.34. The van der Waals surface area contributed by atoms with Crippen LogP contribution in [0, 0.1) is 11.6 Å². The number of aliphatic hydroxyl groups excluding tert-OH is 1. The Bertz CT molecular complexity index is 344. The van der Waals surface area contributed by atoms with Gasteiger partial charge in [-0.15, -0.1) is 0 Å². The van der Waals surface area contributed by atoms with Crippen LogP contribution in [0.4, 0.5) is 8.78 Å². The van der Waals surface area contributed by atoms with Crippen LogP contribution in [-0.4, -0.2) is 24.9 Å². The maximum Gasteiger partial charge on any atom is 0.168 e. The monoisotopic (exact) mass is 217 g/mol. The van der Waals surface area contributed by atoms with Gasteiger partial charge in [-0.25, -0.2) is 8.78 Å². The third-order valence-electron chi connectivity index (χ3n) is 2.01. The molecule has 1 aromatic rings. The molecule has 0 amide bonds. The number of aliphatic hydroxyl groups is 1. The zero-order valence-corrected chi connectivity index (χ0v) is 8.34. The molecule has 3 nitrogen and oxygen atoms in total. The molecule has 0 spiro atoms. The van der Waals surface area contributed by atoms with Crippen LogP contribution < -0.4 is 10.5 Å². The second-order valence-corrected chi connectivity index (χ2v) is 3.23. The smallest absolute Gasteiger partial charge is 0.168 e. The summed E-state index contributed by atoms with van der Waals surface area (Å²) in [5.41, 5.74) is 5.79. The first kappa shape index (κ1) is 11.9. The number of hydrogen-bond acceptors (Lipinski definition) is 3. The predicted octanol–water partition coefficient (Wildman–Crippen LogP) is 0.835. The minimum atomic E-state index is -0.766. The van der Waals surface area contributed by atoms with Crippen molar-refractivity contribution in [1.29, 1.82) is 0 Å². The highest BCUT2D eigenvalue weighted by atomic mass is 19.1. The van der Waals surface area contributed by atoms with Gasteiger partial charge in [-0.2, -0.15) is 0 Å². The van der Waals surface area contributed by atoms with Gasteiger partial charge >= 0.3 is 0 Å². The Balaban J connectivity index is 3.03. The standard InChI is InChI=1S/C10H13F2NO2/c1-15-10-6(3-8(13)5-14)2-7(11)4-9(10)12/h2,4,8,14H,3,5,13H2,1H3. The van der Waals surface area contributed by atoms with Crippen molar-refractivity contribution in [3.63, 3.8) is 0 Å². The van der Waals surface area contributed by atoms with E-state index < -0.39 is 17.7 Å². The summed E-state index contributed by atoms with van der Waals surface area (Å²) in [7, 11) is 1.30. The topological polar surface area (TPSA) is 55.5 Å². The predicted molar refractivity (Wildman–Crippen MR) is 51.7 cm³/mol. The molecule has 0 saturated heterocycles. The molecule has 0 saturated carbocycles. The maximum atomic E-state index is 13.2. The van der Waals surface area contributed by atoms with Crippen molar-refractivity contribution in [2.45, 2.75) is 12.5 Å². The Kier molecular flexibility index (Phi) is 3.99. The van der Waals surface area contributed by atoms with Crippen LogP contribution in [0.25, 0.3) is 0 Å². The maximum absolute atomic E-state index is 13.2. The molecule has 0 aromatic heterocycles. The summed E-state index contributed by atoms with van der Waals surface area (Å²) in [4.78, 5) is 0. The van der Waals surface area contributed by atoms with E-state index in [-0.39, 0.29) is 18.8 Å². The van der Waals surface area contributed by atoms with Gasteiger partial charge in [-0.3, -0.25) is 0 Å². The largest absolute Gasteiger partial charge is 0.493 e. The van der Waals surface area contributed by atoms with Gasteiger partial charge in [-0.1, -0.05) is 0 Å². The Morgan fingerprint density at radius 2 is 2.13 bits per heavy atom. The number of methoxy groups -OCH3 is 1. The fraction of sp³-hybridized carbons (Fsp3) is 0.400. The SMILES string of the molecule is COc1c(F)cc(F)cc1CC(N)CO. The fourth-order valence-corrected chi connectivity index (χ4v) is 1.34. The lowest BCUT2D eigenvalue weighted by Crippen LogP contribution is -2.27. The molecule has 0 radical (unpaired) electrons. The quantitative estimate of drug-likeness (QED) is 0.785. The van der Waals surface area contributed by atoms with E-state index in [9.17, 15) is 8.78 Å². The number of halogens is 2. The van der Waals surface area contributed by atoms with E-state index in [2.05, 4.69) is 0 Å². The summed E-state index contributed by atoms with van der Waals surface area (Å²) >= 11 is 0. The molecular weight excluding hydrogens is 204 g/mol. The molecule has 1 aromatic carbocycles. The first-order valence-electron chi connectivity index (χ1n) is 4.46. The van der Waals surface area contributed by atoms with E-state index in [1.165, 1.54) is 7.11 Å². The molecule has 0 aliphatic rings. The van der Waals surface area contributed by atoms with Crippen LogP contribution >= 0.6 is 0 Å². The van der Waals surface area contributed by atoms with Crippen LogP contribution in [-0.2, 0) is 6.42 Å². The van der Waals surface area contributed by atoms with Crippen LogP contribution in [0.5, 0.6) is 5.75 Å². The molecule has 0 fully saturated rings. The lowest BCUT2D eigenvalue weighted by Gasteiger charge is -2.12. The second kappa shape index (κ2) is 5.04. The van der Waals surface area contributed by atoms with Gasteiger partial charge in [0.25, 0.3) is 0 Å². The zero-order valence-electron chi connectivity index (χ0n) is 8.34. The van der Waals surface area contributed by atoms with Gasteiger partial charge in [0.1, 0.15) is 5.82 Å². The van der Waals surface area contributed by atoms with Crippen LogP contribution in [0.1, 0.15) is 5.56 Å². The first-order valence-corrected chi connectivity index (χ1v) is 4.46. The first-order chi connectivity index (χ1) is 7.08. The van der Waals surface area contributed by atoms with Crippen LogP contribution in [0.15, 0.2) is 12.1 Å². The van der Waals surface area contributed by atoms with Crippen LogP contribution in [0.3, 0.4) is 0 Å². The molecule has 15 heavy (non-hydrogen) atoms. The van der Waals surface area contributed by atoms with Gasteiger partial charge in [0.2, 0.25) is 0 Å². The highest BCUT2D eigenvalue weighted by molar-refractivity contribution is 5.36. The normalized spacial score (nSPS) is 12.6. The number of nitrogens with two attached hydrogens (primary N) is 1. The number of rotatable bonds is 4. The van der Waals surface area contributed by atoms with Gasteiger partial charge in [0, 0.05) is 17.7 Å². The van der Waals surface area contributed by atoms with Crippen molar-refractivity contribution >= 4 is 0 Å². The third kappa shape index (κ3) is 2.87. The number of hydrogen-bond donors (Lipinski definition) is 2. The molecule has 5 heteroatoms. The summed E-state index contributed by atoms with van der Waals surface area (Å²) in [6.07, 6.45) is 0.161. The van der Waals surface area contributed by atoms with E-state index in [4.69, 9.17) is 15.6 Å². The van der Waals surface area contributed by atoms with Crippen molar-refractivity contribution in [2.75, 3.05) is 13.7 Å². The highest BCUT2D eigenvalue weighted by Crippen LogP contribution is 2.24. The molecular formula is C10H13F2NO2. The summed E-state index contributed by atoms with van der Waals surface area (Å²) < 4.78 is 30.9. The van der Waals surface area contributed by atoms with Gasteiger partial charge < -0.3 is 15.6 Å². The molecule has 1 atom stereocenters. The van der Waals surface area contributed by atoms with Crippen molar-refractivity contribution in [3.8, 4) is 5.75 Å². The van der Waals surface area contributed by atoms with Gasteiger partial charge in [-0.05, 0) is 12.5 Å². The van der Waals surface area contributed by atoms with Gasteiger partial charge in [0.15, 0.2) is 11.6 Å². The van der Waals surface area contributed by atoms with Crippen molar-refractivity contribution in [1.82, 2.24) is 0 Å². The molecule has 0 heterocycles.